The van der Waals surface area contributed by atoms with Crippen molar-refractivity contribution in [2.24, 2.45) is 0 Å². The molecule has 0 fully saturated rings. The third-order valence-electron chi connectivity index (χ3n) is 9.27. The number of allylic oxidation sites excluding steroid dienone is 5. The van der Waals surface area contributed by atoms with E-state index in [4.69, 9.17) is 28.4 Å². The number of ether oxygens (including phenoxy) is 6. The Labute approximate surface area is 338 Å². The van der Waals surface area contributed by atoms with E-state index in [1.54, 1.807) is 0 Å². The van der Waals surface area contributed by atoms with Gasteiger partial charge < -0.3 is 33.5 Å². The van der Waals surface area contributed by atoms with Gasteiger partial charge in [-0.15, -0.1) is 0 Å². The van der Waals surface area contributed by atoms with Gasteiger partial charge in [-0.05, 0) is 40.8 Å². The van der Waals surface area contributed by atoms with Crippen LogP contribution in [0, 0.1) is 0 Å². The second-order valence-electron chi connectivity index (χ2n) is 13.2. The standard InChI is InChI=1S/C50H56O7/c1-2-3-4-5-21-32-49(43-22-11-6-12-23-43,44-24-13-7-14-25-44)56-39-37-52-33-35-54-41-48(51)42-55-36-34-53-38-40-57-50(45-26-15-8-16-27-45,46-28-17-9-18-29-46)47-30-19-10-20-31-47/h2-32,48,51H,33-42H2,1H3/b3-2-,5-4-,32-21+. The van der Waals surface area contributed by atoms with Gasteiger partial charge in [0.05, 0.1) is 66.1 Å². The summed E-state index contributed by atoms with van der Waals surface area (Å²) in [5.74, 6) is 0. The molecule has 0 saturated carbocycles. The van der Waals surface area contributed by atoms with Crippen molar-refractivity contribution >= 4 is 0 Å². The monoisotopic (exact) mass is 768 g/mol. The molecule has 0 amide bonds. The van der Waals surface area contributed by atoms with Gasteiger partial charge in [0, 0.05) is 0 Å². The Morgan fingerprint density at radius 3 is 1.19 bits per heavy atom. The van der Waals surface area contributed by atoms with Gasteiger partial charge in [0.25, 0.3) is 0 Å². The Bertz CT molecular complexity index is 1730. The van der Waals surface area contributed by atoms with Gasteiger partial charge in [0.1, 0.15) is 17.3 Å². The first kappa shape index (κ1) is 43.2. The molecule has 1 atom stereocenters. The highest BCUT2D eigenvalue weighted by Crippen LogP contribution is 2.40. The molecule has 0 saturated heterocycles. The van der Waals surface area contributed by atoms with Crippen LogP contribution >= 0.6 is 0 Å². The van der Waals surface area contributed by atoms with E-state index in [1.165, 1.54) is 0 Å². The zero-order chi connectivity index (χ0) is 39.7. The highest BCUT2D eigenvalue weighted by atomic mass is 16.6. The van der Waals surface area contributed by atoms with Gasteiger partial charge in [-0.3, -0.25) is 0 Å². The number of rotatable bonds is 26. The zero-order valence-electron chi connectivity index (χ0n) is 32.9. The Kier molecular flexibility index (Phi) is 18.7. The summed E-state index contributed by atoms with van der Waals surface area (Å²) < 4.78 is 36.4. The molecule has 7 heteroatoms. The molecule has 0 heterocycles. The fourth-order valence-electron chi connectivity index (χ4n) is 6.59. The molecule has 5 aromatic rings. The van der Waals surface area contributed by atoms with Crippen LogP contribution in [0.4, 0.5) is 0 Å². The van der Waals surface area contributed by atoms with Crippen LogP contribution in [0.3, 0.4) is 0 Å². The van der Waals surface area contributed by atoms with Crippen LogP contribution in [0.2, 0.25) is 0 Å². The second-order valence-corrected chi connectivity index (χ2v) is 13.2. The maximum Gasteiger partial charge on any atom is 0.143 e. The Morgan fingerprint density at radius 1 is 0.421 bits per heavy atom. The molecule has 7 nitrogen and oxygen atoms in total. The first-order valence-corrected chi connectivity index (χ1v) is 19.7. The Balaban J connectivity index is 0.983. The predicted molar refractivity (Wildman–Crippen MR) is 227 cm³/mol. The molecule has 0 aliphatic rings. The third-order valence-corrected chi connectivity index (χ3v) is 9.27. The molecule has 0 radical (unpaired) electrons. The largest absolute Gasteiger partial charge is 0.388 e. The molecule has 0 spiro atoms. The van der Waals surface area contributed by atoms with Crippen molar-refractivity contribution in [3.63, 3.8) is 0 Å². The molecule has 5 aromatic carbocycles. The van der Waals surface area contributed by atoms with Gasteiger partial charge in [-0.1, -0.05) is 182 Å². The molecule has 5 rings (SSSR count). The Morgan fingerprint density at radius 2 is 0.772 bits per heavy atom. The van der Waals surface area contributed by atoms with Crippen molar-refractivity contribution in [1.29, 1.82) is 0 Å². The number of aliphatic hydroxyl groups is 1. The minimum Gasteiger partial charge on any atom is -0.388 e. The van der Waals surface area contributed by atoms with E-state index in [2.05, 4.69) is 66.7 Å². The lowest BCUT2D eigenvalue weighted by atomic mass is 9.80. The molecule has 0 bridgehead atoms. The topological polar surface area (TPSA) is 75.6 Å². The first-order chi connectivity index (χ1) is 28.2. The van der Waals surface area contributed by atoms with Crippen molar-refractivity contribution in [2.45, 2.75) is 24.2 Å². The van der Waals surface area contributed by atoms with E-state index in [-0.39, 0.29) is 13.2 Å². The average molecular weight is 769 g/mol. The highest BCUT2D eigenvalue weighted by Gasteiger charge is 2.37. The van der Waals surface area contributed by atoms with E-state index in [0.717, 1.165) is 27.8 Å². The van der Waals surface area contributed by atoms with Crippen LogP contribution in [0.1, 0.15) is 34.7 Å². The smallest absolute Gasteiger partial charge is 0.143 e. The van der Waals surface area contributed by atoms with E-state index < -0.39 is 17.3 Å². The van der Waals surface area contributed by atoms with Crippen LogP contribution in [0.25, 0.3) is 0 Å². The van der Waals surface area contributed by atoms with Gasteiger partial charge in [-0.25, -0.2) is 0 Å². The van der Waals surface area contributed by atoms with Crippen LogP contribution in [-0.2, 0) is 39.6 Å². The van der Waals surface area contributed by atoms with Gasteiger partial charge >= 0.3 is 0 Å². The lowest BCUT2D eigenvalue weighted by molar-refractivity contribution is -0.0578. The summed E-state index contributed by atoms with van der Waals surface area (Å²) in [5, 5.41) is 10.4. The lowest BCUT2D eigenvalue weighted by Gasteiger charge is -2.36. The van der Waals surface area contributed by atoms with E-state index in [9.17, 15) is 5.11 Å². The zero-order valence-corrected chi connectivity index (χ0v) is 32.9. The van der Waals surface area contributed by atoms with Crippen LogP contribution in [0.5, 0.6) is 0 Å². The minimum absolute atomic E-state index is 0.145. The highest BCUT2D eigenvalue weighted by molar-refractivity contribution is 5.47. The summed E-state index contributed by atoms with van der Waals surface area (Å²) in [6.45, 7) is 5.22. The van der Waals surface area contributed by atoms with Crippen molar-refractivity contribution in [1.82, 2.24) is 0 Å². The Hall–Kier alpha value is -4.96. The molecule has 298 valence electrons. The lowest BCUT2D eigenvalue weighted by Crippen LogP contribution is -2.34. The fraction of sp³-hybridized carbons (Fsp3) is 0.280. The third kappa shape index (κ3) is 13.0. The van der Waals surface area contributed by atoms with Gasteiger partial charge in [0.2, 0.25) is 0 Å². The fourth-order valence-corrected chi connectivity index (χ4v) is 6.59. The molecule has 1 N–H and O–H groups in total. The summed E-state index contributed by atoms with van der Waals surface area (Å²) in [7, 11) is 0. The van der Waals surface area contributed by atoms with Crippen LogP contribution in [-0.4, -0.2) is 77.3 Å². The van der Waals surface area contributed by atoms with E-state index in [1.807, 2.05) is 128 Å². The maximum absolute atomic E-state index is 10.4. The summed E-state index contributed by atoms with van der Waals surface area (Å²) in [6, 6.07) is 51.2. The van der Waals surface area contributed by atoms with E-state index in [0.29, 0.717) is 52.9 Å². The van der Waals surface area contributed by atoms with E-state index >= 15 is 0 Å². The number of aliphatic hydroxyl groups excluding tert-OH is 1. The summed E-state index contributed by atoms with van der Waals surface area (Å²) in [6.07, 6.45) is 11.3. The summed E-state index contributed by atoms with van der Waals surface area (Å²) >= 11 is 0. The molecule has 0 aliphatic carbocycles. The molecule has 0 aromatic heterocycles. The number of benzene rings is 5. The van der Waals surface area contributed by atoms with Crippen LogP contribution in [0.15, 0.2) is 188 Å². The quantitative estimate of drug-likeness (QED) is 0.0342. The SMILES string of the molecule is C\C=C/C=C\C=C\C(OCCOCCOCC(O)COCCOCCOC(c1ccccc1)(c1ccccc1)c1ccccc1)(c1ccccc1)c1ccccc1. The molecular weight excluding hydrogens is 713 g/mol. The molecule has 0 aliphatic heterocycles. The predicted octanol–water partition coefficient (Wildman–Crippen LogP) is 9.07. The summed E-state index contributed by atoms with van der Waals surface area (Å²) in [4.78, 5) is 0. The van der Waals surface area contributed by atoms with Crippen molar-refractivity contribution < 1.29 is 33.5 Å². The summed E-state index contributed by atoms with van der Waals surface area (Å²) in [5.41, 5.74) is 3.62. The first-order valence-electron chi connectivity index (χ1n) is 19.7. The van der Waals surface area contributed by atoms with Crippen LogP contribution < -0.4 is 0 Å². The normalized spacial score (nSPS) is 12.9. The molecule has 1 unspecified atom stereocenters. The van der Waals surface area contributed by atoms with Crippen molar-refractivity contribution in [3.8, 4) is 0 Å². The van der Waals surface area contributed by atoms with Gasteiger partial charge in [-0.2, -0.15) is 0 Å². The molecule has 57 heavy (non-hydrogen) atoms. The number of hydrogen-bond acceptors (Lipinski definition) is 7. The number of hydrogen-bond donors (Lipinski definition) is 1. The minimum atomic E-state index is -0.787. The maximum atomic E-state index is 10.4. The average Bonchev–Trinajstić information content (AvgIpc) is 3.27. The van der Waals surface area contributed by atoms with Crippen molar-refractivity contribution in [3.05, 3.63) is 216 Å². The molecular formula is C50H56O7. The van der Waals surface area contributed by atoms with Gasteiger partial charge in [0.15, 0.2) is 0 Å². The second kappa shape index (κ2) is 24.6. The van der Waals surface area contributed by atoms with Crippen molar-refractivity contribution in [2.75, 3.05) is 66.1 Å².